The monoisotopic (exact) mass is 267 g/mol. The van der Waals surface area contributed by atoms with Gasteiger partial charge in [0, 0.05) is 18.2 Å². The van der Waals surface area contributed by atoms with Gasteiger partial charge >= 0.3 is 5.97 Å². The van der Waals surface area contributed by atoms with Crippen molar-refractivity contribution in [2.24, 2.45) is 0 Å². The van der Waals surface area contributed by atoms with Gasteiger partial charge in [0.1, 0.15) is 5.76 Å². The summed E-state index contributed by atoms with van der Waals surface area (Å²) in [6.45, 7) is 3.24. The normalized spacial score (nSPS) is 15.6. The lowest BCUT2D eigenvalue weighted by Gasteiger charge is -2.36. The smallest absolute Gasteiger partial charge is 0.374 e. The van der Waals surface area contributed by atoms with Crippen molar-refractivity contribution < 1.29 is 19.1 Å². The Kier molecular flexibility index (Phi) is 4.61. The van der Waals surface area contributed by atoms with Crippen molar-refractivity contribution >= 4 is 5.97 Å². The molecule has 1 aromatic heterocycles. The number of methoxy groups -OCH3 is 1. The highest BCUT2D eigenvalue weighted by atomic mass is 16.5. The average molecular weight is 267 g/mol. The Labute approximate surface area is 113 Å². The number of furan rings is 1. The van der Waals surface area contributed by atoms with Gasteiger partial charge in [-0.1, -0.05) is 6.42 Å². The highest BCUT2D eigenvalue weighted by Gasteiger charge is 2.26. The molecule has 1 aromatic rings. The van der Waals surface area contributed by atoms with Crippen molar-refractivity contribution in [1.29, 1.82) is 0 Å². The summed E-state index contributed by atoms with van der Waals surface area (Å²) >= 11 is 0. The number of carbonyl (C=O) groups is 1. The second kappa shape index (κ2) is 6.21. The molecule has 19 heavy (non-hydrogen) atoms. The molecule has 0 amide bonds. The second-order valence-corrected chi connectivity index (χ2v) is 5.00. The molecule has 0 bridgehead atoms. The maximum absolute atomic E-state index is 11.5. The van der Waals surface area contributed by atoms with Crippen molar-refractivity contribution in [2.45, 2.75) is 38.8 Å². The number of aliphatic hydroxyl groups is 1. The molecule has 5 heteroatoms. The van der Waals surface area contributed by atoms with Gasteiger partial charge in [-0.2, -0.15) is 0 Å². The van der Waals surface area contributed by atoms with Crippen LogP contribution in [0.2, 0.25) is 0 Å². The lowest BCUT2D eigenvalue weighted by Crippen LogP contribution is -2.41. The molecule has 1 fully saturated rings. The van der Waals surface area contributed by atoms with Crippen molar-refractivity contribution in [1.82, 2.24) is 4.90 Å². The van der Waals surface area contributed by atoms with E-state index in [1.807, 2.05) is 13.0 Å². The van der Waals surface area contributed by atoms with Crippen LogP contribution in [-0.4, -0.2) is 42.3 Å². The molecule has 0 atom stereocenters. The third-order valence-electron chi connectivity index (χ3n) is 3.68. The minimum absolute atomic E-state index is 0.139. The molecule has 0 aliphatic heterocycles. The molecular weight excluding hydrogens is 246 g/mol. The summed E-state index contributed by atoms with van der Waals surface area (Å²) in [5.74, 6) is 0.578. The summed E-state index contributed by atoms with van der Waals surface area (Å²) in [7, 11) is 1.34. The summed E-state index contributed by atoms with van der Waals surface area (Å²) in [5.41, 5.74) is 0.791. The number of esters is 1. The Bertz CT molecular complexity index is 437. The quantitative estimate of drug-likeness (QED) is 0.795. The summed E-state index contributed by atoms with van der Waals surface area (Å²) < 4.78 is 10.2. The van der Waals surface area contributed by atoms with Crippen molar-refractivity contribution in [3.8, 4) is 0 Å². The van der Waals surface area contributed by atoms with Crippen LogP contribution in [0.25, 0.3) is 0 Å². The first-order valence-corrected chi connectivity index (χ1v) is 6.68. The fourth-order valence-electron chi connectivity index (χ4n) is 2.39. The molecule has 1 aliphatic rings. The molecule has 1 saturated carbocycles. The van der Waals surface area contributed by atoms with Crippen LogP contribution >= 0.6 is 0 Å². The lowest BCUT2D eigenvalue weighted by atomic mass is 9.91. The van der Waals surface area contributed by atoms with E-state index in [-0.39, 0.29) is 12.4 Å². The van der Waals surface area contributed by atoms with Gasteiger partial charge in [-0.3, -0.25) is 4.90 Å². The van der Waals surface area contributed by atoms with Gasteiger partial charge in [-0.15, -0.1) is 0 Å². The van der Waals surface area contributed by atoms with Crippen LogP contribution in [0.15, 0.2) is 10.5 Å². The average Bonchev–Trinajstić information content (AvgIpc) is 2.67. The Morgan fingerprint density at radius 1 is 1.58 bits per heavy atom. The highest BCUT2D eigenvalue weighted by molar-refractivity contribution is 5.87. The molecule has 0 aromatic carbocycles. The predicted octanol–water partition coefficient (Wildman–Crippen LogP) is 1.72. The van der Waals surface area contributed by atoms with Crippen LogP contribution in [0.3, 0.4) is 0 Å². The van der Waals surface area contributed by atoms with Crippen molar-refractivity contribution in [3.63, 3.8) is 0 Å². The van der Waals surface area contributed by atoms with E-state index in [1.165, 1.54) is 26.4 Å². The van der Waals surface area contributed by atoms with Gasteiger partial charge in [0.05, 0.1) is 20.3 Å². The van der Waals surface area contributed by atoms with Crippen LogP contribution in [0, 0.1) is 6.92 Å². The maximum atomic E-state index is 11.5. The number of hydrogen-bond donors (Lipinski definition) is 1. The SMILES string of the molecule is COC(=O)c1oc(CN(CCO)C2CCC2)cc1C. The fraction of sp³-hybridized carbons (Fsp3) is 0.643. The highest BCUT2D eigenvalue weighted by Crippen LogP contribution is 2.27. The Morgan fingerprint density at radius 2 is 2.32 bits per heavy atom. The Morgan fingerprint density at radius 3 is 2.84 bits per heavy atom. The first-order chi connectivity index (χ1) is 9.15. The van der Waals surface area contributed by atoms with Gasteiger partial charge < -0.3 is 14.3 Å². The van der Waals surface area contributed by atoms with E-state index in [9.17, 15) is 4.79 Å². The van der Waals surface area contributed by atoms with E-state index in [1.54, 1.807) is 0 Å². The van der Waals surface area contributed by atoms with Crippen LogP contribution in [-0.2, 0) is 11.3 Å². The lowest BCUT2D eigenvalue weighted by molar-refractivity contribution is 0.0552. The Balaban J connectivity index is 2.06. The van der Waals surface area contributed by atoms with Gasteiger partial charge in [-0.25, -0.2) is 4.79 Å². The molecule has 0 radical (unpaired) electrons. The van der Waals surface area contributed by atoms with E-state index < -0.39 is 5.97 Å². The summed E-state index contributed by atoms with van der Waals surface area (Å²) in [6, 6.07) is 2.40. The largest absolute Gasteiger partial charge is 0.463 e. The third-order valence-corrected chi connectivity index (χ3v) is 3.68. The van der Waals surface area contributed by atoms with Crippen LogP contribution in [0.4, 0.5) is 0 Å². The summed E-state index contributed by atoms with van der Waals surface area (Å²) in [5, 5.41) is 9.12. The molecule has 1 heterocycles. The van der Waals surface area contributed by atoms with Crippen LogP contribution < -0.4 is 0 Å². The van der Waals surface area contributed by atoms with Crippen molar-refractivity contribution in [3.05, 3.63) is 23.2 Å². The molecule has 1 aliphatic carbocycles. The van der Waals surface area contributed by atoms with E-state index in [0.29, 0.717) is 19.1 Å². The number of nitrogens with zero attached hydrogens (tertiary/aromatic N) is 1. The standard InChI is InChI=1S/C14H21NO4/c1-10-8-12(19-13(10)14(17)18-2)9-15(6-7-16)11-4-3-5-11/h8,11,16H,3-7,9H2,1-2H3. The number of rotatable bonds is 6. The van der Waals surface area contributed by atoms with E-state index >= 15 is 0 Å². The Hall–Kier alpha value is -1.33. The molecule has 0 unspecified atom stereocenters. The zero-order valence-electron chi connectivity index (χ0n) is 11.5. The maximum Gasteiger partial charge on any atom is 0.374 e. The summed E-state index contributed by atoms with van der Waals surface area (Å²) in [6.07, 6.45) is 3.59. The minimum atomic E-state index is -0.443. The minimum Gasteiger partial charge on any atom is -0.463 e. The number of aryl methyl sites for hydroxylation is 1. The molecule has 2 rings (SSSR count). The predicted molar refractivity (Wildman–Crippen MR) is 69.9 cm³/mol. The van der Waals surface area contributed by atoms with E-state index in [4.69, 9.17) is 9.52 Å². The number of carbonyl (C=O) groups excluding carboxylic acids is 1. The molecule has 1 N–H and O–H groups in total. The van der Waals surface area contributed by atoms with Crippen LogP contribution in [0.1, 0.15) is 41.1 Å². The zero-order valence-corrected chi connectivity index (χ0v) is 11.5. The first-order valence-electron chi connectivity index (χ1n) is 6.68. The molecule has 0 saturated heterocycles. The topological polar surface area (TPSA) is 62.9 Å². The van der Waals surface area contributed by atoms with Gasteiger partial charge in [-0.05, 0) is 25.8 Å². The molecule has 0 spiro atoms. The van der Waals surface area contributed by atoms with Gasteiger partial charge in [0.2, 0.25) is 5.76 Å². The number of ether oxygens (including phenoxy) is 1. The van der Waals surface area contributed by atoms with E-state index in [0.717, 1.165) is 11.3 Å². The zero-order chi connectivity index (χ0) is 13.8. The second-order valence-electron chi connectivity index (χ2n) is 5.00. The fourth-order valence-corrected chi connectivity index (χ4v) is 2.39. The third kappa shape index (κ3) is 3.16. The van der Waals surface area contributed by atoms with E-state index in [2.05, 4.69) is 9.64 Å². The molecular formula is C14H21NO4. The van der Waals surface area contributed by atoms with Gasteiger partial charge in [0.15, 0.2) is 0 Å². The number of hydrogen-bond acceptors (Lipinski definition) is 5. The molecule has 5 nitrogen and oxygen atoms in total. The van der Waals surface area contributed by atoms with Crippen molar-refractivity contribution in [2.75, 3.05) is 20.3 Å². The van der Waals surface area contributed by atoms with Gasteiger partial charge in [0.25, 0.3) is 0 Å². The first kappa shape index (κ1) is 14.1. The molecule has 106 valence electrons. The number of aliphatic hydroxyl groups excluding tert-OH is 1. The van der Waals surface area contributed by atoms with Crippen LogP contribution in [0.5, 0.6) is 0 Å². The summed E-state index contributed by atoms with van der Waals surface area (Å²) in [4.78, 5) is 13.7.